The Morgan fingerprint density at radius 2 is 0.875 bits per heavy atom. The van der Waals surface area contributed by atoms with E-state index < -0.39 is 0 Å². The maximum absolute atomic E-state index is 2.32. The second-order valence-corrected chi connectivity index (χ2v) is 11.5. The van der Waals surface area contributed by atoms with Crippen LogP contribution in [0.5, 0.6) is 0 Å². The molecule has 8 rings (SSSR count). The van der Waals surface area contributed by atoms with Crippen molar-refractivity contribution in [1.82, 2.24) is 0 Å². The Morgan fingerprint density at radius 3 is 1.50 bits per heavy atom. The smallest absolute Gasteiger partial charge is 0.0390 e. The van der Waals surface area contributed by atoms with E-state index in [2.05, 4.69) is 146 Å². The van der Waals surface area contributed by atoms with Crippen LogP contribution in [-0.4, -0.2) is 0 Å². The van der Waals surface area contributed by atoms with Gasteiger partial charge >= 0.3 is 0 Å². The van der Waals surface area contributed by atoms with Gasteiger partial charge in [-0.05, 0) is 67.4 Å². The molecule has 0 N–H and O–H groups in total. The van der Waals surface area contributed by atoms with Gasteiger partial charge in [0.05, 0.1) is 0 Å². The van der Waals surface area contributed by atoms with Crippen molar-refractivity contribution < 1.29 is 0 Å². The van der Waals surface area contributed by atoms with Gasteiger partial charge in [0.15, 0.2) is 0 Å². The molecule has 0 atom stereocenters. The van der Waals surface area contributed by atoms with Crippen LogP contribution in [-0.2, 0) is 6.42 Å². The van der Waals surface area contributed by atoms with Crippen LogP contribution >= 0.6 is 11.3 Å². The molecule has 0 radical (unpaired) electrons. The molecule has 7 aromatic carbocycles. The lowest BCUT2D eigenvalue weighted by molar-refractivity contribution is 1.22. The summed E-state index contributed by atoms with van der Waals surface area (Å²) in [6.45, 7) is 0. The SMILES string of the molecule is c1ccc(-c2c3ccccc3c(-c3ccc(Cc4cccc5c4sc4ccccc45)cc3)c3ccccc23)cc1. The minimum atomic E-state index is 0.929. The van der Waals surface area contributed by atoms with Crippen LogP contribution in [0.15, 0.2) is 146 Å². The van der Waals surface area contributed by atoms with E-state index in [4.69, 9.17) is 0 Å². The van der Waals surface area contributed by atoms with Gasteiger partial charge in [0.1, 0.15) is 0 Å². The normalized spacial score (nSPS) is 11.6. The molecule has 0 saturated heterocycles. The molecule has 0 aliphatic rings. The lowest BCUT2D eigenvalue weighted by Gasteiger charge is -2.18. The molecule has 1 heteroatoms. The lowest BCUT2D eigenvalue weighted by Crippen LogP contribution is -1.92. The fraction of sp³-hybridized carbons (Fsp3) is 0.0256. The van der Waals surface area contributed by atoms with Crippen molar-refractivity contribution in [3.05, 3.63) is 157 Å². The zero-order chi connectivity index (χ0) is 26.5. The zero-order valence-corrected chi connectivity index (χ0v) is 22.8. The Kier molecular flexibility index (Phi) is 5.50. The van der Waals surface area contributed by atoms with Crippen LogP contribution in [0.4, 0.5) is 0 Å². The van der Waals surface area contributed by atoms with Crippen LogP contribution in [0.25, 0.3) is 64.0 Å². The van der Waals surface area contributed by atoms with Crippen LogP contribution < -0.4 is 0 Å². The molecule has 0 spiro atoms. The number of benzene rings is 7. The molecule has 0 nitrogen and oxygen atoms in total. The van der Waals surface area contributed by atoms with E-state index in [0.29, 0.717) is 0 Å². The second-order valence-electron chi connectivity index (χ2n) is 10.5. The zero-order valence-electron chi connectivity index (χ0n) is 22.0. The first-order valence-electron chi connectivity index (χ1n) is 13.8. The quantitative estimate of drug-likeness (QED) is 0.200. The molecular weight excluding hydrogens is 500 g/mol. The van der Waals surface area contributed by atoms with Crippen LogP contribution in [0, 0.1) is 0 Å². The summed E-state index contributed by atoms with van der Waals surface area (Å²) in [4.78, 5) is 0. The lowest BCUT2D eigenvalue weighted by atomic mass is 9.86. The molecule has 188 valence electrons. The summed E-state index contributed by atoms with van der Waals surface area (Å²) in [5.74, 6) is 0. The number of hydrogen-bond donors (Lipinski definition) is 0. The Bertz CT molecular complexity index is 2110. The molecule has 8 aromatic rings. The van der Waals surface area contributed by atoms with Gasteiger partial charge in [-0.2, -0.15) is 0 Å². The summed E-state index contributed by atoms with van der Waals surface area (Å²) >= 11 is 1.91. The van der Waals surface area contributed by atoms with Gasteiger partial charge in [-0.1, -0.05) is 140 Å². The molecule has 0 unspecified atom stereocenters. The number of thiophene rings is 1. The Balaban J connectivity index is 1.26. The van der Waals surface area contributed by atoms with Crippen molar-refractivity contribution in [2.45, 2.75) is 6.42 Å². The number of rotatable bonds is 4. The largest absolute Gasteiger partial charge is 0.135 e. The maximum atomic E-state index is 2.32. The summed E-state index contributed by atoms with van der Waals surface area (Å²) in [5, 5.41) is 7.90. The van der Waals surface area contributed by atoms with Crippen LogP contribution in [0.3, 0.4) is 0 Å². The van der Waals surface area contributed by atoms with E-state index in [0.717, 1.165) is 6.42 Å². The van der Waals surface area contributed by atoms with Gasteiger partial charge < -0.3 is 0 Å². The van der Waals surface area contributed by atoms with Crippen molar-refractivity contribution in [2.75, 3.05) is 0 Å². The average Bonchev–Trinajstić information content (AvgIpc) is 3.41. The van der Waals surface area contributed by atoms with E-state index >= 15 is 0 Å². The first-order valence-corrected chi connectivity index (χ1v) is 14.6. The maximum Gasteiger partial charge on any atom is 0.0390 e. The Labute approximate surface area is 237 Å². The Hall–Kier alpha value is -4.72. The first-order chi connectivity index (χ1) is 19.8. The third-order valence-corrected chi connectivity index (χ3v) is 9.38. The van der Waals surface area contributed by atoms with Crippen molar-refractivity contribution in [3.63, 3.8) is 0 Å². The highest BCUT2D eigenvalue weighted by molar-refractivity contribution is 7.26. The molecule has 0 aliphatic heterocycles. The van der Waals surface area contributed by atoms with Gasteiger partial charge in [-0.25, -0.2) is 0 Å². The summed E-state index contributed by atoms with van der Waals surface area (Å²) in [5.41, 5.74) is 7.87. The third-order valence-electron chi connectivity index (χ3n) is 8.12. The molecular formula is C39H26S. The predicted molar refractivity (Wildman–Crippen MR) is 174 cm³/mol. The fourth-order valence-corrected chi connectivity index (χ4v) is 7.52. The minimum Gasteiger partial charge on any atom is -0.135 e. The van der Waals surface area contributed by atoms with Crippen molar-refractivity contribution in [3.8, 4) is 22.3 Å². The van der Waals surface area contributed by atoms with E-state index in [9.17, 15) is 0 Å². The van der Waals surface area contributed by atoms with Crippen molar-refractivity contribution in [1.29, 1.82) is 0 Å². The molecule has 0 saturated carbocycles. The topological polar surface area (TPSA) is 0 Å². The van der Waals surface area contributed by atoms with E-state index in [1.54, 1.807) is 0 Å². The fourth-order valence-electron chi connectivity index (χ4n) is 6.31. The van der Waals surface area contributed by atoms with Crippen molar-refractivity contribution >= 4 is 53.1 Å². The van der Waals surface area contributed by atoms with Crippen molar-refractivity contribution in [2.24, 2.45) is 0 Å². The van der Waals surface area contributed by atoms with E-state index in [-0.39, 0.29) is 0 Å². The standard InChI is InChI=1S/C39H26S/c1-2-11-27(12-3-1)37-31-15-4-6-17-33(31)38(34-18-7-5-16-32(34)37)28-23-21-26(22-24-28)25-29-13-10-19-35-30-14-8-9-20-36(30)40-39(29)35/h1-24H,25H2. The van der Waals surface area contributed by atoms with Gasteiger partial charge in [-0.3, -0.25) is 0 Å². The number of hydrogen-bond acceptors (Lipinski definition) is 1. The summed E-state index contributed by atoms with van der Waals surface area (Å²) in [6.07, 6.45) is 0.929. The van der Waals surface area contributed by atoms with Gasteiger partial charge in [0.2, 0.25) is 0 Å². The van der Waals surface area contributed by atoms with Crippen LogP contribution in [0.1, 0.15) is 11.1 Å². The third kappa shape index (κ3) is 3.74. The monoisotopic (exact) mass is 526 g/mol. The first kappa shape index (κ1) is 23.2. The highest BCUT2D eigenvalue weighted by Crippen LogP contribution is 2.43. The summed E-state index contributed by atoms with van der Waals surface area (Å²) in [7, 11) is 0. The molecule has 1 heterocycles. The molecule has 40 heavy (non-hydrogen) atoms. The van der Waals surface area contributed by atoms with Gasteiger partial charge in [-0.15, -0.1) is 11.3 Å². The highest BCUT2D eigenvalue weighted by Gasteiger charge is 2.16. The molecule has 0 amide bonds. The number of fused-ring (bicyclic) bond motifs is 5. The predicted octanol–water partition coefficient (Wildman–Crippen LogP) is 11.3. The van der Waals surface area contributed by atoms with E-state index in [1.165, 1.54) is 75.1 Å². The molecule has 0 bridgehead atoms. The molecule has 0 aliphatic carbocycles. The minimum absolute atomic E-state index is 0.929. The molecule has 1 aromatic heterocycles. The summed E-state index contributed by atoms with van der Waals surface area (Å²) in [6, 6.07) is 53.3. The van der Waals surface area contributed by atoms with Gasteiger partial charge in [0, 0.05) is 20.2 Å². The Morgan fingerprint density at radius 1 is 0.375 bits per heavy atom. The van der Waals surface area contributed by atoms with Gasteiger partial charge in [0.25, 0.3) is 0 Å². The highest BCUT2D eigenvalue weighted by atomic mass is 32.1. The van der Waals surface area contributed by atoms with E-state index in [1.807, 2.05) is 11.3 Å². The van der Waals surface area contributed by atoms with Crippen LogP contribution in [0.2, 0.25) is 0 Å². The molecule has 0 fully saturated rings. The average molecular weight is 527 g/mol. The summed E-state index contributed by atoms with van der Waals surface area (Å²) < 4.78 is 2.76. The second kappa shape index (κ2) is 9.48.